The molecule has 0 fully saturated rings. The molecule has 0 aliphatic heterocycles. The van der Waals surface area contributed by atoms with Crippen LogP contribution in [0.25, 0.3) is 0 Å². The average Bonchev–Trinajstić information content (AvgIpc) is 2.21. The molecule has 0 aromatic heterocycles. The number of benzene rings is 1. The number of carbonyl (C=O) groups excluding carboxylic acids is 1. The SMILES string of the molecule is C/C=C(/CC)C(=O)c1ccccc1. The summed E-state index contributed by atoms with van der Waals surface area (Å²) in [6.07, 6.45) is 2.68. The second-order valence-corrected chi connectivity index (χ2v) is 2.86. The molecule has 0 N–H and O–H groups in total. The van der Waals surface area contributed by atoms with Crippen LogP contribution in [0.5, 0.6) is 0 Å². The van der Waals surface area contributed by atoms with Crippen molar-refractivity contribution in [1.29, 1.82) is 0 Å². The van der Waals surface area contributed by atoms with Crippen molar-refractivity contribution in [3.05, 3.63) is 47.5 Å². The van der Waals surface area contributed by atoms with Crippen molar-refractivity contribution in [2.45, 2.75) is 20.3 Å². The fourth-order valence-electron chi connectivity index (χ4n) is 1.27. The first-order valence-corrected chi connectivity index (χ1v) is 4.54. The first kappa shape index (κ1) is 9.72. The minimum atomic E-state index is 0.144. The molecule has 1 nitrogen and oxygen atoms in total. The van der Waals surface area contributed by atoms with Gasteiger partial charge in [0.25, 0.3) is 0 Å². The molecule has 1 aromatic rings. The maximum Gasteiger partial charge on any atom is 0.188 e. The van der Waals surface area contributed by atoms with Crippen LogP contribution in [-0.4, -0.2) is 5.78 Å². The smallest absolute Gasteiger partial charge is 0.188 e. The Kier molecular flexibility index (Phi) is 3.44. The van der Waals surface area contributed by atoms with Gasteiger partial charge in [-0.05, 0) is 18.9 Å². The zero-order chi connectivity index (χ0) is 9.68. The van der Waals surface area contributed by atoms with Crippen LogP contribution in [0.2, 0.25) is 0 Å². The van der Waals surface area contributed by atoms with Gasteiger partial charge in [-0.1, -0.05) is 43.3 Å². The van der Waals surface area contributed by atoms with Crippen LogP contribution in [0.4, 0.5) is 0 Å². The van der Waals surface area contributed by atoms with Gasteiger partial charge in [0, 0.05) is 5.56 Å². The van der Waals surface area contributed by atoms with Crippen LogP contribution in [0.15, 0.2) is 42.0 Å². The molecule has 0 atom stereocenters. The fourth-order valence-corrected chi connectivity index (χ4v) is 1.27. The lowest BCUT2D eigenvalue weighted by Crippen LogP contribution is -2.01. The largest absolute Gasteiger partial charge is 0.289 e. The van der Waals surface area contributed by atoms with E-state index < -0.39 is 0 Å². The third-order valence-corrected chi connectivity index (χ3v) is 2.06. The Balaban J connectivity index is 2.92. The first-order valence-electron chi connectivity index (χ1n) is 4.54. The molecule has 0 saturated heterocycles. The highest BCUT2D eigenvalue weighted by Gasteiger charge is 2.07. The summed E-state index contributed by atoms with van der Waals surface area (Å²) in [5.74, 6) is 0.144. The van der Waals surface area contributed by atoms with E-state index in [9.17, 15) is 4.79 Å². The van der Waals surface area contributed by atoms with Crippen molar-refractivity contribution in [2.75, 3.05) is 0 Å². The molecule has 68 valence electrons. The van der Waals surface area contributed by atoms with Crippen molar-refractivity contribution < 1.29 is 4.79 Å². The van der Waals surface area contributed by atoms with E-state index in [1.807, 2.05) is 50.3 Å². The minimum Gasteiger partial charge on any atom is -0.289 e. The molecule has 0 radical (unpaired) electrons. The second-order valence-electron chi connectivity index (χ2n) is 2.86. The van der Waals surface area contributed by atoms with Crippen LogP contribution in [0.1, 0.15) is 30.6 Å². The molecule has 1 rings (SSSR count). The van der Waals surface area contributed by atoms with E-state index in [4.69, 9.17) is 0 Å². The number of rotatable bonds is 3. The van der Waals surface area contributed by atoms with Gasteiger partial charge in [0.2, 0.25) is 0 Å². The summed E-state index contributed by atoms with van der Waals surface area (Å²) in [5.41, 5.74) is 1.66. The van der Waals surface area contributed by atoms with Crippen LogP contribution in [-0.2, 0) is 0 Å². The summed E-state index contributed by atoms with van der Waals surface area (Å²) in [7, 11) is 0. The summed E-state index contributed by atoms with van der Waals surface area (Å²) < 4.78 is 0. The third kappa shape index (κ3) is 2.28. The Morgan fingerprint density at radius 2 is 1.92 bits per heavy atom. The number of Topliss-reactive ketones (excluding diaryl/α,β-unsaturated/α-hetero) is 1. The van der Waals surface area contributed by atoms with E-state index >= 15 is 0 Å². The molecule has 0 saturated carbocycles. The molecule has 0 amide bonds. The Bertz CT molecular complexity index is 309. The molecule has 0 unspecified atom stereocenters. The molecule has 0 spiro atoms. The van der Waals surface area contributed by atoms with E-state index in [1.165, 1.54) is 0 Å². The lowest BCUT2D eigenvalue weighted by atomic mass is 10.0. The summed E-state index contributed by atoms with van der Waals surface area (Å²) in [6.45, 7) is 3.90. The van der Waals surface area contributed by atoms with E-state index in [2.05, 4.69) is 0 Å². The number of hydrogen-bond donors (Lipinski definition) is 0. The monoisotopic (exact) mass is 174 g/mol. The molecular weight excluding hydrogens is 160 g/mol. The van der Waals surface area contributed by atoms with Crippen molar-refractivity contribution in [1.82, 2.24) is 0 Å². The molecule has 1 aromatic carbocycles. The van der Waals surface area contributed by atoms with E-state index in [0.717, 1.165) is 17.6 Å². The molecule has 0 bridgehead atoms. The van der Waals surface area contributed by atoms with Crippen molar-refractivity contribution in [3.8, 4) is 0 Å². The Labute approximate surface area is 79.1 Å². The van der Waals surface area contributed by atoms with Gasteiger partial charge in [0.1, 0.15) is 0 Å². The summed E-state index contributed by atoms with van der Waals surface area (Å²) in [6, 6.07) is 9.38. The summed E-state index contributed by atoms with van der Waals surface area (Å²) >= 11 is 0. The predicted molar refractivity (Wildman–Crippen MR) is 54.8 cm³/mol. The van der Waals surface area contributed by atoms with Crippen molar-refractivity contribution >= 4 is 5.78 Å². The van der Waals surface area contributed by atoms with Crippen LogP contribution in [0, 0.1) is 0 Å². The highest BCUT2D eigenvalue weighted by molar-refractivity contribution is 6.08. The lowest BCUT2D eigenvalue weighted by Gasteiger charge is -2.01. The van der Waals surface area contributed by atoms with Gasteiger partial charge in [-0.2, -0.15) is 0 Å². The average molecular weight is 174 g/mol. The quantitative estimate of drug-likeness (QED) is 0.508. The van der Waals surface area contributed by atoms with E-state index in [-0.39, 0.29) is 5.78 Å². The molecule has 0 heterocycles. The Hall–Kier alpha value is -1.37. The topological polar surface area (TPSA) is 17.1 Å². The molecule has 13 heavy (non-hydrogen) atoms. The van der Waals surface area contributed by atoms with Gasteiger partial charge in [-0.15, -0.1) is 0 Å². The summed E-state index contributed by atoms with van der Waals surface area (Å²) in [5, 5.41) is 0. The van der Waals surface area contributed by atoms with E-state index in [1.54, 1.807) is 0 Å². The van der Waals surface area contributed by atoms with Crippen LogP contribution < -0.4 is 0 Å². The molecule has 0 aliphatic rings. The normalized spacial score (nSPS) is 11.4. The highest BCUT2D eigenvalue weighted by atomic mass is 16.1. The fraction of sp³-hybridized carbons (Fsp3) is 0.250. The second kappa shape index (κ2) is 4.61. The minimum absolute atomic E-state index is 0.144. The van der Waals surface area contributed by atoms with Gasteiger partial charge in [-0.25, -0.2) is 0 Å². The zero-order valence-electron chi connectivity index (χ0n) is 8.08. The van der Waals surface area contributed by atoms with Crippen LogP contribution >= 0.6 is 0 Å². The lowest BCUT2D eigenvalue weighted by molar-refractivity contribution is 0.103. The molecule has 0 aliphatic carbocycles. The highest BCUT2D eigenvalue weighted by Crippen LogP contribution is 2.10. The Morgan fingerprint density at radius 1 is 1.31 bits per heavy atom. The van der Waals surface area contributed by atoms with Gasteiger partial charge >= 0.3 is 0 Å². The van der Waals surface area contributed by atoms with Gasteiger partial charge in [-0.3, -0.25) is 4.79 Å². The number of hydrogen-bond acceptors (Lipinski definition) is 1. The zero-order valence-corrected chi connectivity index (χ0v) is 8.08. The van der Waals surface area contributed by atoms with Crippen LogP contribution in [0.3, 0.4) is 0 Å². The summed E-state index contributed by atoms with van der Waals surface area (Å²) in [4.78, 5) is 11.7. The van der Waals surface area contributed by atoms with Crippen molar-refractivity contribution in [2.24, 2.45) is 0 Å². The van der Waals surface area contributed by atoms with Gasteiger partial charge < -0.3 is 0 Å². The maximum atomic E-state index is 11.7. The molecular formula is C12H14O. The number of ketones is 1. The first-order chi connectivity index (χ1) is 6.29. The van der Waals surface area contributed by atoms with Gasteiger partial charge in [0.05, 0.1) is 0 Å². The number of allylic oxidation sites excluding steroid dienone is 2. The standard InChI is InChI=1S/C12H14O/c1-3-10(4-2)12(13)11-8-6-5-7-9-11/h3,5-9H,4H2,1-2H3/b10-3-. The van der Waals surface area contributed by atoms with Gasteiger partial charge in [0.15, 0.2) is 5.78 Å². The van der Waals surface area contributed by atoms with Crippen molar-refractivity contribution in [3.63, 3.8) is 0 Å². The molecule has 1 heteroatoms. The Morgan fingerprint density at radius 3 is 2.38 bits per heavy atom. The van der Waals surface area contributed by atoms with E-state index in [0.29, 0.717) is 0 Å². The maximum absolute atomic E-state index is 11.7. The number of carbonyl (C=O) groups is 1. The predicted octanol–water partition coefficient (Wildman–Crippen LogP) is 3.23. The third-order valence-electron chi connectivity index (χ3n) is 2.06.